The van der Waals surface area contributed by atoms with Gasteiger partial charge in [0.25, 0.3) is 5.91 Å². The number of amides is 1. The monoisotopic (exact) mass is 249 g/mol. The molecule has 1 rings (SSSR count). The molecule has 96 valence electrons. The molecule has 0 aliphatic carbocycles. The van der Waals surface area contributed by atoms with Gasteiger partial charge in [-0.15, -0.1) is 6.58 Å². The molecular formula is C12H17N4O2+. The fourth-order valence-corrected chi connectivity index (χ4v) is 1.43. The predicted octanol–water partition coefficient (Wildman–Crippen LogP) is 0.243. The SMILES string of the molecule is C=CCC[n+]1cc(C#N)n(CC(=O)N(C)OC)c1. The van der Waals surface area contributed by atoms with Crippen molar-refractivity contribution < 1.29 is 14.2 Å². The van der Waals surface area contributed by atoms with Gasteiger partial charge in [0.1, 0.15) is 12.3 Å². The first-order valence-electron chi connectivity index (χ1n) is 5.53. The van der Waals surface area contributed by atoms with Crippen molar-refractivity contribution >= 4 is 5.91 Å². The highest BCUT2D eigenvalue weighted by atomic mass is 16.7. The number of rotatable bonds is 6. The summed E-state index contributed by atoms with van der Waals surface area (Å²) in [5.41, 5.74) is 0.442. The van der Waals surface area contributed by atoms with Crippen molar-refractivity contribution in [1.29, 1.82) is 5.26 Å². The number of carbonyl (C=O) groups excluding carboxylic acids is 1. The molecule has 0 aliphatic heterocycles. The smallest absolute Gasteiger partial charge is 0.274 e. The van der Waals surface area contributed by atoms with E-state index in [2.05, 4.69) is 12.6 Å². The molecule has 0 radical (unpaired) electrons. The number of carbonyl (C=O) groups is 1. The zero-order chi connectivity index (χ0) is 13.5. The van der Waals surface area contributed by atoms with E-state index in [0.717, 1.165) is 18.0 Å². The number of nitrogens with zero attached hydrogens (tertiary/aromatic N) is 4. The van der Waals surface area contributed by atoms with Crippen LogP contribution < -0.4 is 4.57 Å². The number of imidazole rings is 1. The van der Waals surface area contributed by atoms with Gasteiger partial charge in [-0.3, -0.25) is 9.63 Å². The number of aryl methyl sites for hydroxylation is 1. The summed E-state index contributed by atoms with van der Waals surface area (Å²) in [6, 6.07) is 2.06. The molecule has 6 nitrogen and oxygen atoms in total. The topological polar surface area (TPSA) is 62.1 Å². The molecule has 1 aromatic heterocycles. The van der Waals surface area contributed by atoms with Crippen molar-refractivity contribution in [3.8, 4) is 6.07 Å². The quantitative estimate of drug-likeness (QED) is 0.412. The van der Waals surface area contributed by atoms with Crippen LogP contribution in [0.3, 0.4) is 0 Å². The lowest BCUT2D eigenvalue weighted by Crippen LogP contribution is -2.32. The van der Waals surface area contributed by atoms with Crippen molar-refractivity contribution in [3.63, 3.8) is 0 Å². The number of hydroxylamine groups is 2. The molecule has 0 atom stereocenters. The highest BCUT2D eigenvalue weighted by Crippen LogP contribution is 1.98. The minimum atomic E-state index is -0.222. The summed E-state index contributed by atoms with van der Waals surface area (Å²) in [5.74, 6) is -0.222. The van der Waals surface area contributed by atoms with Crippen LogP contribution in [-0.4, -0.2) is 29.7 Å². The lowest BCUT2D eigenvalue weighted by atomic mass is 10.4. The molecule has 0 bridgehead atoms. The van der Waals surface area contributed by atoms with Gasteiger partial charge in [-0.2, -0.15) is 5.26 Å². The van der Waals surface area contributed by atoms with Crippen LogP contribution >= 0.6 is 0 Å². The number of likely N-dealkylation sites (N-methyl/N-ethyl adjacent to an activating group) is 1. The van der Waals surface area contributed by atoms with Crippen LogP contribution in [0.1, 0.15) is 12.1 Å². The van der Waals surface area contributed by atoms with Gasteiger partial charge >= 0.3 is 0 Å². The summed E-state index contributed by atoms with van der Waals surface area (Å²) < 4.78 is 3.46. The first-order valence-corrected chi connectivity index (χ1v) is 5.53. The van der Waals surface area contributed by atoms with Gasteiger partial charge in [-0.1, -0.05) is 6.08 Å². The Morgan fingerprint density at radius 1 is 1.78 bits per heavy atom. The zero-order valence-electron chi connectivity index (χ0n) is 10.7. The van der Waals surface area contributed by atoms with E-state index in [9.17, 15) is 4.79 Å². The maximum absolute atomic E-state index is 11.7. The minimum Gasteiger partial charge on any atom is -0.274 e. The Bertz CT molecular complexity index is 473. The summed E-state index contributed by atoms with van der Waals surface area (Å²) in [5, 5.41) is 10.1. The van der Waals surface area contributed by atoms with Crippen LogP contribution in [0.15, 0.2) is 25.2 Å². The van der Waals surface area contributed by atoms with Gasteiger partial charge in [-0.25, -0.2) is 14.2 Å². The van der Waals surface area contributed by atoms with Gasteiger partial charge in [0, 0.05) is 13.5 Å². The van der Waals surface area contributed by atoms with Crippen LogP contribution in [0.25, 0.3) is 0 Å². The van der Waals surface area contributed by atoms with E-state index in [0.29, 0.717) is 5.69 Å². The third-order valence-corrected chi connectivity index (χ3v) is 2.52. The lowest BCUT2D eigenvalue weighted by Gasteiger charge is -2.11. The summed E-state index contributed by atoms with van der Waals surface area (Å²) in [6.07, 6.45) is 6.07. The van der Waals surface area contributed by atoms with E-state index in [1.54, 1.807) is 23.2 Å². The highest BCUT2D eigenvalue weighted by Gasteiger charge is 2.18. The van der Waals surface area contributed by atoms with Crippen molar-refractivity contribution in [2.75, 3.05) is 14.2 Å². The Morgan fingerprint density at radius 2 is 2.50 bits per heavy atom. The fraction of sp³-hybridized carbons (Fsp3) is 0.417. The lowest BCUT2D eigenvalue weighted by molar-refractivity contribution is -0.695. The Hall–Kier alpha value is -2.13. The van der Waals surface area contributed by atoms with Gasteiger partial charge in [0.2, 0.25) is 12.0 Å². The molecule has 0 saturated carbocycles. The molecule has 0 N–H and O–H groups in total. The molecule has 0 saturated heterocycles. The van der Waals surface area contributed by atoms with E-state index < -0.39 is 0 Å². The van der Waals surface area contributed by atoms with E-state index in [4.69, 9.17) is 10.1 Å². The molecule has 0 aliphatic rings. The van der Waals surface area contributed by atoms with E-state index in [-0.39, 0.29) is 12.5 Å². The van der Waals surface area contributed by atoms with Crippen LogP contribution in [0, 0.1) is 11.3 Å². The summed E-state index contributed by atoms with van der Waals surface area (Å²) in [6.45, 7) is 4.46. The number of aromatic nitrogens is 2. The molecule has 6 heteroatoms. The number of allylic oxidation sites excluding steroid dienone is 1. The average molecular weight is 249 g/mol. The molecule has 18 heavy (non-hydrogen) atoms. The third-order valence-electron chi connectivity index (χ3n) is 2.52. The Balaban J connectivity index is 2.81. The van der Waals surface area contributed by atoms with E-state index in [1.165, 1.54) is 14.2 Å². The molecule has 0 aromatic carbocycles. The Morgan fingerprint density at radius 3 is 3.06 bits per heavy atom. The summed E-state index contributed by atoms with van der Waals surface area (Å²) >= 11 is 0. The van der Waals surface area contributed by atoms with E-state index >= 15 is 0 Å². The second kappa shape index (κ2) is 6.57. The van der Waals surface area contributed by atoms with Crippen molar-refractivity contribution in [2.45, 2.75) is 19.5 Å². The third kappa shape index (κ3) is 3.43. The normalized spacial score (nSPS) is 9.83. The molecule has 0 spiro atoms. The molecule has 1 heterocycles. The summed E-state index contributed by atoms with van der Waals surface area (Å²) in [4.78, 5) is 16.5. The van der Waals surface area contributed by atoms with Crippen LogP contribution in [0.4, 0.5) is 0 Å². The zero-order valence-corrected chi connectivity index (χ0v) is 10.7. The van der Waals surface area contributed by atoms with Crippen LogP contribution in [-0.2, 0) is 22.7 Å². The number of hydrogen-bond acceptors (Lipinski definition) is 3. The second-order valence-corrected chi connectivity index (χ2v) is 3.76. The maximum atomic E-state index is 11.7. The Labute approximate surface area is 106 Å². The van der Waals surface area contributed by atoms with Crippen molar-refractivity contribution in [1.82, 2.24) is 9.63 Å². The van der Waals surface area contributed by atoms with Crippen molar-refractivity contribution in [2.24, 2.45) is 0 Å². The molecule has 1 aromatic rings. The largest absolute Gasteiger partial charge is 0.288 e. The van der Waals surface area contributed by atoms with Gasteiger partial charge in [0.15, 0.2) is 6.54 Å². The maximum Gasteiger partial charge on any atom is 0.288 e. The van der Waals surface area contributed by atoms with Crippen LogP contribution in [0.2, 0.25) is 0 Å². The van der Waals surface area contributed by atoms with Crippen molar-refractivity contribution in [3.05, 3.63) is 30.9 Å². The average Bonchev–Trinajstić information content (AvgIpc) is 2.77. The predicted molar refractivity (Wildman–Crippen MR) is 63.9 cm³/mol. The second-order valence-electron chi connectivity index (χ2n) is 3.76. The first kappa shape index (κ1) is 13.9. The number of hydrogen-bond donors (Lipinski definition) is 0. The van der Waals surface area contributed by atoms with Crippen LogP contribution in [0.5, 0.6) is 0 Å². The standard InChI is InChI=1S/C12H17N4O2/c1-4-5-6-15-8-11(7-13)16(10-15)9-12(17)14(2)18-3/h4,8,10H,1,5-6,9H2,2-3H3/q+1. The molecule has 0 fully saturated rings. The Kier molecular flexibility index (Phi) is 5.08. The fourth-order valence-electron chi connectivity index (χ4n) is 1.43. The minimum absolute atomic E-state index is 0.0777. The van der Waals surface area contributed by atoms with Gasteiger partial charge < -0.3 is 0 Å². The molecular weight excluding hydrogens is 232 g/mol. The highest BCUT2D eigenvalue weighted by molar-refractivity contribution is 5.74. The summed E-state index contributed by atoms with van der Waals surface area (Å²) in [7, 11) is 2.95. The first-order chi connectivity index (χ1) is 8.62. The molecule has 0 unspecified atom stereocenters. The van der Waals surface area contributed by atoms with Gasteiger partial charge in [-0.05, 0) is 0 Å². The van der Waals surface area contributed by atoms with Gasteiger partial charge in [0.05, 0.1) is 13.7 Å². The van der Waals surface area contributed by atoms with E-state index in [1.807, 2.05) is 4.57 Å². The molecule has 1 amide bonds. The number of nitriles is 1.